The highest BCUT2D eigenvalue weighted by Crippen LogP contribution is 1.98. The molecule has 0 aromatic carbocycles. The van der Waals surface area contributed by atoms with Gasteiger partial charge < -0.3 is 14.9 Å². The number of aromatic amines is 1. The molecular formula is C9H13N5OS. The number of aryl methyl sites for hydroxylation is 1. The number of rotatable bonds is 4. The van der Waals surface area contributed by atoms with Gasteiger partial charge in [0.05, 0.1) is 6.54 Å². The molecule has 2 aromatic heterocycles. The van der Waals surface area contributed by atoms with Crippen LogP contribution in [0, 0.1) is 6.92 Å². The topological polar surface area (TPSA) is 75.6 Å². The van der Waals surface area contributed by atoms with E-state index in [-0.39, 0.29) is 4.87 Å². The summed E-state index contributed by atoms with van der Waals surface area (Å²) >= 11 is 1.17. The third-order valence-corrected chi connectivity index (χ3v) is 3.07. The second-order valence-corrected chi connectivity index (χ2v) is 4.34. The molecule has 0 saturated carbocycles. The molecule has 0 saturated heterocycles. The molecule has 7 heteroatoms. The predicted octanol–water partition coefficient (Wildman–Crippen LogP) is 0.163. The van der Waals surface area contributed by atoms with E-state index < -0.39 is 0 Å². The highest BCUT2D eigenvalue weighted by Gasteiger charge is 2.04. The van der Waals surface area contributed by atoms with Gasteiger partial charge in [-0.25, -0.2) is 0 Å². The molecule has 0 aliphatic rings. The molecule has 2 rings (SSSR count). The molecule has 86 valence electrons. The first-order valence-corrected chi connectivity index (χ1v) is 5.77. The van der Waals surface area contributed by atoms with E-state index in [1.54, 1.807) is 0 Å². The van der Waals surface area contributed by atoms with Crippen LogP contribution in [-0.2, 0) is 20.1 Å². The summed E-state index contributed by atoms with van der Waals surface area (Å²) in [4.78, 5) is 13.6. The lowest BCUT2D eigenvalue weighted by Crippen LogP contribution is -2.16. The SMILES string of the molecule is Cc1nnc(CNCc2csc(=O)[nH]2)n1C. The molecule has 0 aliphatic carbocycles. The fraction of sp³-hybridized carbons (Fsp3) is 0.444. The normalized spacial score (nSPS) is 10.9. The second-order valence-electron chi connectivity index (χ2n) is 3.50. The van der Waals surface area contributed by atoms with Crippen LogP contribution < -0.4 is 10.2 Å². The van der Waals surface area contributed by atoms with Crippen LogP contribution >= 0.6 is 11.3 Å². The molecule has 0 amide bonds. The smallest absolute Gasteiger partial charge is 0.304 e. The molecule has 0 radical (unpaired) electrons. The van der Waals surface area contributed by atoms with Gasteiger partial charge in [0.25, 0.3) is 0 Å². The summed E-state index contributed by atoms with van der Waals surface area (Å²) in [6.07, 6.45) is 0. The van der Waals surface area contributed by atoms with Crippen LogP contribution in [-0.4, -0.2) is 19.7 Å². The molecule has 2 aromatic rings. The fourth-order valence-electron chi connectivity index (χ4n) is 1.31. The van der Waals surface area contributed by atoms with Gasteiger partial charge in [-0.1, -0.05) is 11.3 Å². The van der Waals surface area contributed by atoms with E-state index in [0.29, 0.717) is 13.1 Å². The number of hydrogen-bond acceptors (Lipinski definition) is 5. The second kappa shape index (κ2) is 4.58. The summed E-state index contributed by atoms with van der Waals surface area (Å²) in [5.41, 5.74) is 0.897. The van der Waals surface area contributed by atoms with Crippen molar-refractivity contribution in [3.8, 4) is 0 Å². The fourth-order valence-corrected chi connectivity index (χ4v) is 1.90. The van der Waals surface area contributed by atoms with Crippen molar-refractivity contribution >= 4 is 11.3 Å². The largest absolute Gasteiger partial charge is 0.317 e. The van der Waals surface area contributed by atoms with Gasteiger partial charge in [-0.3, -0.25) is 4.79 Å². The number of thiazole rings is 1. The van der Waals surface area contributed by atoms with Crippen molar-refractivity contribution in [2.75, 3.05) is 0 Å². The minimum atomic E-state index is -0.0219. The van der Waals surface area contributed by atoms with Gasteiger partial charge in [0.15, 0.2) is 0 Å². The van der Waals surface area contributed by atoms with Crippen molar-refractivity contribution in [1.29, 1.82) is 0 Å². The van der Waals surface area contributed by atoms with Crippen LogP contribution in [0.3, 0.4) is 0 Å². The van der Waals surface area contributed by atoms with Gasteiger partial charge in [-0.05, 0) is 6.92 Å². The molecule has 6 nitrogen and oxygen atoms in total. The monoisotopic (exact) mass is 239 g/mol. The van der Waals surface area contributed by atoms with Gasteiger partial charge in [0.1, 0.15) is 11.6 Å². The summed E-state index contributed by atoms with van der Waals surface area (Å²) < 4.78 is 1.93. The van der Waals surface area contributed by atoms with Crippen molar-refractivity contribution in [2.45, 2.75) is 20.0 Å². The lowest BCUT2D eigenvalue weighted by atomic mass is 10.4. The Morgan fingerprint density at radius 3 is 2.88 bits per heavy atom. The molecular weight excluding hydrogens is 226 g/mol. The standard InChI is InChI=1S/C9H13N5OS/c1-6-12-13-8(14(6)2)4-10-3-7-5-16-9(15)11-7/h5,10H,3-4H2,1-2H3,(H,11,15). The third-order valence-electron chi connectivity index (χ3n) is 2.35. The first kappa shape index (κ1) is 11.0. The molecule has 0 fully saturated rings. The Morgan fingerprint density at radius 2 is 2.31 bits per heavy atom. The van der Waals surface area contributed by atoms with Crippen molar-refractivity contribution in [3.05, 3.63) is 32.4 Å². The van der Waals surface area contributed by atoms with Gasteiger partial charge >= 0.3 is 4.87 Å². The van der Waals surface area contributed by atoms with Gasteiger partial charge in [-0.2, -0.15) is 0 Å². The Morgan fingerprint density at radius 1 is 1.50 bits per heavy atom. The average Bonchev–Trinajstić information content (AvgIpc) is 2.79. The zero-order valence-electron chi connectivity index (χ0n) is 9.15. The maximum absolute atomic E-state index is 10.9. The van der Waals surface area contributed by atoms with Crippen LogP contribution in [0.1, 0.15) is 17.3 Å². The van der Waals surface area contributed by atoms with E-state index in [1.165, 1.54) is 11.3 Å². The predicted molar refractivity (Wildman–Crippen MR) is 61.2 cm³/mol. The minimum absolute atomic E-state index is 0.0219. The molecule has 0 spiro atoms. The molecule has 0 atom stereocenters. The number of nitrogens with zero attached hydrogens (tertiary/aromatic N) is 3. The molecule has 0 aliphatic heterocycles. The van der Waals surface area contributed by atoms with Crippen molar-refractivity contribution in [3.63, 3.8) is 0 Å². The van der Waals surface area contributed by atoms with Crippen LogP contribution in [0.5, 0.6) is 0 Å². The van der Waals surface area contributed by atoms with E-state index in [2.05, 4.69) is 20.5 Å². The molecule has 2 N–H and O–H groups in total. The van der Waals surface area contributed by atoms with Crippen LogP contribution in [0.15, 0.2) is 10.2 Å². The number of H-pyrrole nitrogens is 1. The Bertz CT molecular complexity index is 526. The molecule has 0 unspecified atom stereocenters. The van der Waals surface area contributed by atoms with E-state index in [9.17, 15) is 4.79 Å². The minimum Gasteiger partial charge on any atom is -0.317 e. The first-order chi connectivity index (χ1) is 7.66. The maximum Gasteiger partial charge on any atom is 0.304 e. The highest BCUT2D eigenvalue weighted by molar-refractivity contribution is 7.07. The Kier molecular flexibility index (Phi) is 3.16. The van der Waals surface area contributed by atoms with Gasteiger partial charge in [0, 0.05) is 24.7 Å². The summed E-state index contributed by atoms with van der Waals surface area (Å²) in [6, 6.07) is 0. The number of hydrogen-bond donors (Lipinski definition) is 2. The molecule has 16 heavy (non-hydrogen) atoms. The number of nitrogens with one attached hydrogen (secondary N) is 2. The summed E-state index contributed by atoms with van der Waals surface area (Å²) in [6.45, 7) is 3.17. The van der Waals surface area contributed by atoms with Gasteiger partial charge in [0.2, 0.25) is 0 Å². The van der Waals surface area contributed by atoms with E-state index >= 15 is 0 Å². The lowest BCUT2D eigenvalue weighted by Gasteiger charge is -2.02. The summed E-state index contributed by atoms with van der Waals surface area (Å²) in [5.74, 6) is 1.77. The quantitative estimate of drug-likeness (QED) is 0.797. The lowest BCUT2D eigenvalue weighted by molar-refractivity contribution is 0.627. The van der Waals surface area contributed by atoms with Gasteiger partial charge in [-0.15, -0.1) is 10.2 Å². The van der Waals surface area contributed by atoms with Crippen molar-refractivity contribution in [2.24, 2.45) is 7.05 Å². The molecule has 2 heterocycles. The highest BCUT2D eigenvalue weighted by atomic mass is 32.1. The maximum atomic E-state index is 10.9. The Hall–Kier alpha value is -1.47. The Balaban J connectivity index is 1.89. The summed E-state index contributed by atoms with van der Waals surface area (Å²) in [7, 11) is 1.93. The van der Waals surface area contributed by atoms with Crippen LogP contribution in [0.2, 0.25) is 0 Å². The molecule has 0 bridgehead atoms. The summed E-state index contributed by atoms with van der Waals surface area (Å²) in [5, 5.41) is 13.0. The zero-order valence-corrected chi connectivity index (χ0v) is 9.97. The van der Waals surface area contributed by atoms with E-state index in [4.69, 9.17) is 0 Å². The van der Waals surface area contributed by atoms with Crippen molar-refractivity contribution in [1.82, 2.24) is 25.1 Å². The zero-order chi connectivity index (χ0) is 11.5. The Labute approximate surface area is 96.3 Å². The van der Waals surface area contributed by atoms with Crippen LogP contribution in [0.4, 0.5) is 0 Å². The van der Waals surface area contributed by atoms with E-state index in [1.807, 2.05) is 23.9 Å². The number of aromatic nitrogens is 4. The first-order valence-electron chi connectivity index (χ1n) is 4.89. The van der Waals surface area contributed by atoms with Crippen molar-refractivity contribution < 1.29 is 0 Å². The average molecular weight is 239 g/mol. The third kappa shape index (κ3) is 2.37. The van der Waals surface area contributed by atoms with E-state index in [0.717, 1.165) is 17.3 Å². The van der Waals surface area contributed by atoms with Crippen LogP contribution in [0.25, 0.3) is 0 Å².